The summed E-state index contributed by atoms with van der Waals surface area (Å²) in [5.41, 5.74) is 0.881. The molecular formula is C19H25NO3. The number of hydrogen-bond acceptors (Lipinski definition) is 3. The van der Waals surface area contributed by atoms with Gasteiger partial charge in [0.15, 0.2) is 0 Å². The molecule has 1 aromatic carbocycles. The summed E-state index contributed by atoms with van der Waals surface area (Å²) < 4.78 is 11.1. The van der Waals surface area contributed by atoms with E-state index in [4.69, 9.17) is 9.47 Å². The van der Waals surface area contributed by atoms with Crippen molar-refractivity contribution in [3.63, 3.8) is 0 Å². The van der Waals surface area contributed by atoms with Crippen molar-refractivity contribution in [2.24, 2.45) is 17.8 Å². The Morgan fingerprint density at radius 3 is 2.17 bits per heavy atom. The molecule has 4 aliphatic rings. The van der Waals surface area contributed by atoms with Crippen LogP contribution in [0.5, 0.6) is 5.75 Å². The van der Waals surface area contributed by atoms with Crippen LogP contribution in [0.25, 0.3) is 0 Å². The summed E-state index contributed by atoms with van der Waals surface area (Å²) in [6, 6.07) is 7.73. The summed E-state index contributed by atoms with van der Waals surface area (Å²) in [7, 11) is 1.65. The summed E-state index contributed by atoms with van der Waals surface area (Å²) in [4.78, 5) is 12.3. The standard InChI is InChI=1S/C19H25NO3/c1-22-17-4-2-13(3-5-17)12-20-18(21)23-19-9-14-6-15(10-19)8-16(7-14)11-19/h2-5,14-16H,6-12H2,1H3,(H,20,21). The number of ether oxygens (including phenoxy) is 2. The molecule has 0 spiro atoms. The third-order valence-corrected chi connectivity index (χ3v) is 5.89. The number of carbonyl (C=O) groups is 1. The second kappa shape index (κ2) is 5.73. The molecule has 4 bridgehead atoms. The van der Waals surface area contributed by atoms with E-state index in [0.717, 1.165) is 48.3 Å². The summed E-state index contributed by atoms with van der Waals surface area (Å²) in [5.74, 6) is 3.19. The zero-order valence-corrected chi connectivity index (χ0v) is 13.7. The molecule has 0 aliphatic heterocycles. The van der Waals surface area contributed by atoms with Crippen molar-refractivity contribution in [1.29, 1.82) is 0 Å². The van der Waals surface area contributed by atoms with Gasteiger partial charge < -0.3 is 14.8 Å². The van der Waals surface area contributed by atoms with E-state index in [9.17, 15) is 4.79 Å². The van der Waals surface area contributed by atoms with Gasteiger partial charge in [0, 0.05) is 6.54 Å². The lowest BCUT2D eigenvalue weighted by atomic mass is 9.54. The van der Waals surface area contributed by atoms with Crippen molar-refractivity contribution in [3.05, 3.63) is 29.8 Å². The van der Waals surface area contributed by atoms with E-state index in [1.165, 1.54) is 19.3 Å². The first-order valence-corrected chi connectivity index (χ1v) is 8.74. The Morgan fingerprint density at radius 1 is 1.09 bits per heavy atom. The molecule has 4 nitrogen and oxygen atoms in total. The third-order valence-electron chi connectivity index (χ3n) is 5.89. The maximum Gasteiger partial charge on any atom is 0.407 e. The van der Waals surface area contributed by atoms with Crippen molar-refractivity contribution in [2.75, 3.05) is 7.11 Å². The Kier molecular flexibility index (Phi) is 3.70. The highest BCUT2D eigenvalue weighted by atomic mass is 16.6. The molecule has 0 unspecified atom stereocenters. The number of alkyl carbamates (subject to hydrolysis) is 1. The van der Waals surface area contributed by atoms with E-state index >= 15 is 0 Å². The summed E-state index contributed by atoms with van der Waals surface area (Å²) in [5, 5.41) is 2.91. The van der Waals surface area contributed by atoms with E-state index in [1.54, 1.807) is 7.11 Å². The lowest BCUT2D eigenvalue weighted by molar-refractivity contribution is -0.127. The number of nitrogens with one attached hydrogen (secondary N) is 1. The minimum Gasteiger partial charge on any atom is -0.497 e. The number of rotatable bonds is 4. The van der Waals surface area contributed by atoms with Gasteiger partial charge in [-0.05, 0) is 74.0 Å². The average molecular weight is 315 g/mol. The Morgan fingerprint density at radius 2 is 1.65 bits per heavy atom. The van der Waals surface area contributed by atoms with Crippen molar-refractivity contribution in [2.45, 2.75) is 50.7 Å². The van der Waals surface area contributed by atoms with Crippen LogP contribution in [0.15, 0.2) is 24.3 Å². The van der Waals surface area contributed by atoms with Crippen LogP contribution in [0, 0.1) is 17.8 Å². The fourth-order valence-electron chi connectivity index (χ4n) is 5.31. The maximum absolute atomic E-state index is 12.3. The summed E-state index contributed by atoms with van der Waals surface area (Å²) in [6.07, 6.45) is 7.05. The van der Waals surface area contributed by atoms with Crippen LogP contribution in [0.4, 0.5) is 4.79 Å². The molecule has 0 radical (unpaired) electrons. The maximum atomic E-state index is 12.3. The van der Waals surface area contributed by atoms with Crippen LogP contribution in [0.3, 0.4) is 0 Å². The molecular weight excluding hydrogens is 290 g/mol. The van der Waals surface area contributed by atoms with Crippen LogP contribution in [0.2, 0.25) is 0 Å². The van der Waals surface area contributed by atoms with E-state index in [2.05, 4.69) is 5.32 Å². The van der Waals surface area contributed by atoms with Crippen molar-refractivity contribution < 1.29 is 14.3 Å². The Hall–Kier alpha value is -1.71. The van der Waals surface area contributed by atoms with Crippen LogP contribution in [0.1, 0.15) is 44.1 Å². The van der Waals surface area contributed by atoms with Gasteiger partial charge in [-0.15, -0.1) is 0 Å². The van der Waals surface area contributed by atoms with Crippen LogP contribution in [-0.2, 0) is 11.3 Å². The molecule has 1 amide bonds. The summed E-state index contributed by atoms with van der Waals surface area (Å²) in [6.45, 7) is 0.495. The van der Waals surface area contributed by atoms with Gasteiger partial charge in [-0.1, -0.05) is 12.1 Å². The molecule has 1 aromatic rings. The highest BCUT2D eigenvalue weighted by Gasteiger charge is 2.53. The van der Waals surface area contributed by atoms with E-state index in [1.807, 2.05) is 24.3 Å². The summed E-state index contributed by atoms with van der Waals surface area (Å²) >= 11 is 0. The van der Waals surface area contributed by atoms with E-state index in [0.29, 0.717) is 6.54 Å². The van der Waals surface area contributed by atoms with E-state index in [-0.39, 0.29) is 11.7 Å². The van der Waals surface area contributed by atoms with Gasteiger partial charge in [0.25, 0.3) is 0 Å². The number of amides is 1. The molecule has 124 valence electrons. The highest BCUT2D eigenvalue weighted by molar-refractivity contribution is 5.67. The molecule has 0 aromatic heterocycles. The molecule has 4 fully saturated rings. The molecule has 23 heavy (non-hydrogen) atoms. The van der Waals surface area contributed by atoms with Crippen molar-refractivity contribution in [1.82, 2.24) is 5.32 Å². The first-order chi connectivity index (χ1) is 11.1. The monoisotopic (exact) mass is 315 g/mol. The minimum atomic E-state index is -0.261. The zero-order valence-electron chi connectivity index (χ0n) is 13.7. The van der Waals surface area contributed by atoms with Gasteiger partial charge in [0.2, 0.25) is 0 Å². The van der Waals surface area contributed by atoms with Crippen LogP contribution >= 0.6 is 0 Å². The first kappa shape index (κ1) is 14.9. The molecule has 4 heteroatoms. The van der Waals surface area contributed by atoms with E-state index < -0.39 is 0 Å². The predicted molar refractivity (Wildman–Crippen MR) is 87.2 cm³/mol. The normalized spacial score (nSPS) is 34.2. The average Bonchev–Trinajstić information content (AvgIpc) is 2.51. The largest absolute Gasteiger partial charge is 0.497 e. The molecule has 4 aliphatic carbocycles. The Balaban J connectivity index is 1.33. The molecule has 0 atom stereocenters. The second-order valence-electron chi connectivity index (χ2n) is 7.69. The zero-order chi connectivity index (χ0) is 15.9. The minimum absolute atomic E-state index is 0.168. The lowest BCUT2D eigenvalue weighted by Gasteiger charge is -2.55. The van der Waals surface area contributed by atoms with Gasteiger partial charge in [-0.3, -0.25) is 0 Å². The quantitative estimate of drug-likeness (QED) is 0.917. The van der Waals surface area contributed by atoms with Crippen molar-refractivity contribution >= 4 is 6.09 Å². The molecule has 4 saturated carbocycles. The predicted octanol–water partition coefficient (Wildman–Crippen LogP) is 3.89. The molecule has 5 rings (SSSR count). The SMILES string of the molecule is COc1ccc(CNC(=O)OC23CC4CC(CC(C4)C2)C3)cc1. The van der Waals surface area contributed by atoms with Gasteiger partial charge in [-0.2, -0.15) is 0 Å². The first-order valence-electron chi connectivity index (χ1n) is 8.74. The topological polar surface area (TPSA) is 47.6 Å². The highest BCUT2D eigenvalue weighted by Crippen LogP contribution is 2.57. The lowest BCUT2D eigenvalue weighted by Crippen LogP contribution is -2.53. The Bertz CT molecular complexity index is 545. The van der Waals surface area contributed by atoms with Gasteiger partial charge in [0.1, 0.15) is 11.4 Å². The number of benzene rings is 1. The van der Waals surface area contributed by atoms with Crippen LogP contribution in [-0.4, -0.2) is 18.8 Å². The Labute approximate surface area is 137 Å². The molecule has 0 heterocycles. The number of methoxy groups -OCH3 is 1. The molecule has 1 N–H and O–H groups in total. The number of carbonyl (C=O) groups excluding carboxylic acids is 1. The van der Waals surface area contributed by atoms with Crippen molar-refractivity contribution in [3.8, 4) is 5.75 Å². The second-order valence-corrected chi connectivity index (χ2v) is 7.69. The number of hydrogen-bond donors (Lipinski definition) is 1. The van der Waals surface area contributed by atoms with Gasteiger partial charge >= 0.3 is 6.09 Å². The smallest absolute Gasteiger partial charge is 0.407 e. The molecule has 0 saturated heterocycles. The van der Waals surface area contributed by atoms with Crippen LogP contribution < -0.4 is 10.1 Å². The van der Waals surface area contributed by atoms with Gasteiger partial charge in [0.05, 0.1) is 7.11 Å². The third kappa shape index (κ3) is 3.04. The fraction of sp³-hybridized carbons (Fsp3) is 0.632. The fourth-order valence-corrected chi connectivity index (χ4v) is 5.31. The van der Waals surface area contributed by atoms with Gasteiger partial charge in [-0.25, -0.2) is 4.79 Å².